The molecule has 0 fully saturated rings. The Bertz CT molecular complexity index is 1900. The van der Waals surface area contributed by atoms with Gasteiger partial charge in [-0.1, -0.05) is 43.3 Å². The molecule has 0 spiro atoms. The summed E-state index contributed by atoms with van der Waals surface area (Å²) in [5.41, 5.74) is 0.945. The van der Waals surface area contributed by atoms with Gasteiger partial charge in [0, 0.05) is 29.5 Å². The van der Waals surface area contributed by atoms with Gasteiger partial charge in [0.05, 0.1) is 28.9 Å². The highest BCUT2D eigenvalue weighted by atomic mass is 35.5. The van der Waals surface area contributed by atoms with E-state index in [1.807, 2.05) is 24.8 Å². The third-order valence-electron chi connectivity index (χ3n) is 8.27. The van der Waals surface area contributed by atoms with E-state index >= 15 is 8.78 Å². The number of aliphatic carboxylic acids is 1. The lowest BCUT2D eigenvalue weighted by Gasteiger charge is -2.28. The van der Waals surface area contributed by atoms with E-state index in [0.717, 1.165) is 24.4 Å². The van der Waals surface area contributed by atoms with Crippen LogP contribution < -0.4 is 4.74 Å². The van der Waals surface area contributed by atoms with E-state index in [2.05, 4.69) is 4.98 Å². The number of ether oxygens (including phenoxy) is 1. The van der Waals surface area contributed by atoms with E-state index in [0.29, 0.717) is 56.7 Å². The molecule has 0 aliphatic carbocycles. The van der Waals surface area contributed by atoms with Crippen LogP contribution in [0.15, 0.2) is 70.8 Å². The molecular weight excluding hydrogens is 701 g/mol. The van der Waals surface area contributed by atoms with Crippen LogP contribution in [0, 0.1) is 17.5 Å². The van der Waals surface area contributed by atoms with E-state index in [9.17, 15) is 22.7 Å². The Morgan fingerprint density at radius 3 is 2.27 bits per heavy atom. The van der Waals surface area contributed by atoms with E-state index in [4.69, 9.17) is 16.3 Å². The van der Waals surface area contributed by atoms with Gasteiger partial charge in [-0.25, -0.2) is 26.6 Å². The lowest BCUT2D eigenvalue weighted by atomic mass is 9.81. The molecule has 1 atom stereocenters. The number of sulfonamides is 1. The second-order valence-corrected chi connectivity index (χ2v) is 15.5. The first kappa shape index (κ1) is 38.2. The number of nitrogens with zero attached hydrogens (tertiary/aromatic N) is 4. The van der Waals surface area contributed by atoms with Crippen LogP contribution in [-0.4, -0.2) is 79.1 Å². The number of thioether (sulfide) groups is 1. The molecule has 9 nitrogen and oxygen atoms in total. The van der Waals surface area contributed by atoms with Crippen molar-refractivity contribution in [1.82, 2.24) is 18.8 Å². The van der Waals surface area contributed by atoms with Crippen molar-refractivity contribution in [3.63, 3.8) is 0 Å². The SMILES string of the molecule is COc1cc(C(C)(C)c2cnc(SCc3c(F)cc(S(=O)(=O)N(C)[C@@H](CCCN(C)C)C(=O)O)cc3F)n2-c2ccc(F)cc2)ccc1Cl. The average Bonchev–Trinajstić information content (AvgIpc) is 3.47. The van der Waals surface area contributed by atoms with Crippen molar-refractivity contribution in [2.45, 2.75) is 54.0 Å². The molecule has 4 aromatic rings. The van der Waals surface area contributed by atoms with Crippen LogP contribution in [0.1, 0.15) is 43.5 Å². The lowest BCUT2D eigenvalue weighted by molar-refractivity contribution is -0.141. The van der Waals surface area contributed by atoms with Crippen LogP contribution in [0.2, 0.25) is 5.02 Å². The Labute approximate surface area is 293 Å². The van der Waals surface area contributed by atoms with E-state index in [-0.39, 0.29) is 12.2 Å². The smallest absolute Gasteiger partial charge is 0.322 e. The number of hydrogen-bond acceptors (Lipinski definition) is 7. The first-order chi connectivity index (χ1) is 23.0. The van der Waals surface area contributed by atoms with Crippen molar-refractivity contribution in [2.75, 3.05) is 34.8 Å². The molecule has 49 heavy (non-hydrogen) atoms. The second-order valence-electron chi connectivity index (χ2n) is 12.2. The van der Waals surface area contributed by atoms with Gasteiger partial charge in [-0.15, -0.1) is 0 Å². The number of hydrogen-bond donors (Lipinski definition) is 1. The average molecular weight is 739 g/mol. The number of imidazole rings is 1. The number of methoxy groups -OCH3 is 1. The fraction of sp³-hybridized carbons (Fsp3) is 0.353. The summed E-state index contributed by atoms with van der Waals surface area (Å²) in [6.45, 7) is 4.43. The molecule has 15 heteroatoms. The Hall–Kier alpha value is -3.56. The molecule has 0 amide bonds. The molecule has 1 heterocycles. The number of aromatic nitrogens is 2. The molecule has 0 radical (unpaired) electrons. The predicted octanol–water partition coefficient (Wildman–Crippen LogP) is 6.99. The van der Waals surface area contributed by atoms with Crippen molar-refractivity contribution >= 4 is 39.4 Å². The molecule has 0 unspecified atom stereocenters. The number of halogens is 4. The zero-order valence-electron chi connectivity index (χ0n) is 27.9. The molecule has 0 aliphatic rings. The van der Waals surface area contributed by atoms with Gasteiger partial charge in [-0.05, 0) is 87.6 Å². The van der Waals surface area contributed by atoms with E-state index in [1.54, 1.807) is 49.1 Å². The standard InChI is InChI=1S/C34H38ClF3N4O5S2/c1-34(2,21-9-14-26(35)30(16-21)47-6)31-19-39-33(42(31)23-12-10-22(36)11-13-23)48-20-25-27(37)17-24(18-28(25)38)49(45,46)41(5)29(32(43)44)8-7-15-40(3)4/h9-14,16-19,29H,7-8,15,20H2,1-6H3,(H,43,44)/t29-/m0/s1. The zero-order valence-corrected chi connectivity index (χ0v) is 30.3. The maximum absolute atomic E-state index is 15.5. The van der Waals surface area contributed by atoms with E-state index in [1.165, 1.54) is 19.2 Å². The first-order valence-electron chi connectivity index (χ1n) is 15.1. The maximum Gasteiger partial charge on any atom is 0.322 e. The summed E-state index contributed by atoms with van der Waals surface area (Å²) in [4.78, 5) is 17.6. The molecule has 0 aliphatic heterocycles. The molecule has 264 valence electrons. The predicted molar refractivity (Wildman–Crippen MR) is 184 cm³/mol. The van der Waals surface area contributed by atoms with Gasteiger partial charge in [-0.2, -0.15) is 4.31 Å². The second kappa shape index (κ2) is 15.5. The number of carboxylic acids is 1. The number of likely N-dealkylation sites (N-methyl/N-ethyl adjacent to an activating group) is 1. The molecule has 0 saturated carbocycles. The van der Waals surface area contributed by atoms with Crippen molar-refractivity contribution in [1.29, 1.82) is 0 Å². The zero-order chi connectivity index (χ0) is 36.3. The Morgan fingerprint density at radius 2 is 1.69 bits per heavy atom. The van der Waals surface area contributed by atoms with Crippen molar-refractivity contribution in [2.24, 2.45) is 0 Å². The number of rotatable bonds is 15. The molecule has 4 rings (SSSR count). The molecular formula is C34H38ClF3N4O5S2. The third kappa shape index (κ3) is 8.43. The summed E-state index contributed by atoms with van der Waals surface area (Å²) in [6, 6.07) is 11.0. The van der Waals surface area contributed by atoms with Crippen molar-refractivity contribution < 1.29 is 36.2 Å². The minimum Gasteiger partial charge on any atom is -0.495 e. The third-order valence-corrected chi connectivity index (χ3v) is 11.4. The van der Waals surface area contributed by atoms with Gasteiger partial charge in [0.25, 0.3) is 0 Å². The summed E-state index contributed by atoms with van der Waals surface area (Å²) >= 11 is 7.26. The topological polar surface area (TPSA) is 105 Å². The highest BCUT2D eigenvalue weighted by molar-refractivity contribution is 7.98. The Morgan fingerprint density at radius 1 is 1.06 bits per heavy atom. The highest BCUT2D eigenvalue weighted by Gasteiger charge is 2.34. The molecule has 0 bridgehead atoms. The van der Waals surface area contributed by atoms with Crippen LogP contribution in [0.3, 0.4) is 0 Å². The Kier molecular flexibility index (Phi) is 12.1. The van der Waals surface area contributed by atoms with Crippen molar-refractivity contribution in [3.8, 4) is 11.4 Å². The summed E-state index contributed by atoms with van der Waals surface area (Å²) in [5.74, 6) is -3.86. The molecule has 1 N–H and O–H groups in total. The minimum atomic E-state index is -4.57. The van der Waals surface area contributed by atoms with Gasteiger partial charge < -0.3 is 14.7 Å². The van der Waals surface area contributed by atoms with Gasteiger partial charge in [0.2, 0.25) is 10.0 Å². The fourth-order valence-electron chi connectivity index (χ4n) is 5.31. The number of carboxylic acid groups (broad SMARTS) is 1. The summed E-state index contributed by atoms with van der Waals surface area (Å²) < 4.78 is 79.4. The monoisotopic (exact) mass is 738 g/mol. The fourth-order valence-corrected chi connectivity index (χ4v) is 7.88. The van der Waals surface area contributed by atoms with Crippen LogP contribution in [0.25, 0.3) is 5.69 Å². The summed E-state index contributed by atoms with van der Waals surface area (Å²) in [5, 5.41) is 10.5. The molecule has 0 saturated heterocycles. The van der Waals surface area contributed by atoms with Crippen LogP contribution in [0.4, 0.5) is 13.2 Å². The van der Waals surface area contributed by atoms with Gasteiger partial charge in [-0.3, -0.25) is 9.36 Å². The van der Waals surface area contributed by atoms with Gasteiger partial charge in [0.15, 0.2) is 5.16 Å². The van der Waals surface area contributed by atoms with Crippen LogP contribution in [-0.2, 0) is 26.0 Å². The number of carbonyl (C=O) groups is 1. The molecule has 1 aromatic heterocycles. The highest BCUT2D eigenvalue weighted by Crippen LogP contribution is 2.39. The normalized spacial score (nSPS) is 12.9. The summed E-state index contributed by atoms with van der Waals surface area (Å²) in [7, 11) is 1.63. The van der Waals surface area contributed by atoms with Crippen molar-refractivity contribution in [3.05, 3.63) is 100 Å². The largest absolute Gasteiger partial charge is 0.495 e. The van der Waals surface area contributed by atoms with Crippen LogP contribution in [0.5, 0.6) is 5.75 Å². The quantitative estimate of drug-likeness (QED) is 0.130. The lowest BCUT2D eigenvalue weighted by Crippen LogP contribution is -2.42. The minimum absolute atomic E-state index is 0.00793. The van der Waals surface area contributed by atoms with Crippen LogP contribution >= 0.6 is 23.4 Å². The Balaban J connectivity index is 1.67. The maximum atomic E-state index is 15.5. The molecule has 3 aromatic carbocycles. The number of benzene rings is 3. The summed E-state index contributed by atoms with van der Waals surface area (Å²) in [6.07, 6.45) is 2.03. The van der Waals surface area contributed by atoms with Gasteiger partial charge in [0.1, 0.15) is 29.2 Å². The van der Waals surface area contributed by atoms with E-state index < -0.39 is 55.4 Å². The first-order valence-corrected chi connectivity index (χ1v) is 17.9. The van der Waals surface area contributed by atoms with Gasteiger partial charge >= 0.3 is 5.97 Å².